The fraction of sp³-hybridized carbons (Fsp3) is 0.467. The zero-order valence-electron chi connectivity index (χ0n) is 20.4. The molecule has 2 aromatic carbocycles. The molecule has 2 fully saturated rings. The molecule has 36 heavy (non-hydrogen) atoms. The predicted octanol–water partition coefficient (Wildman–Crippen LogP) is 7.79. The molecular formula is C30H30F4O2. The second-order valence-corrected chi connectivity index (χ2v) is 11.2. The van der Waals surface area contributed by atoms with E-state index in [1.165, 1.54) is 24.3 Å². The lowest BCUT2D eigenvalue weighted by Crippen LogP contribution is -2.49. The Labute approximate surface area is 208 Å². The highest BCUT2D eigenvalue weighted by Gasteiger charge is 2.54. The zero-order chi connectivity index (χ0) is 25.8. The number of carbonyl (C=O) groups is 2. The summed E-state index contributed by atoms with van der Waals surface area (Å²) in [6.07, 6.45) is 2.24. The predicted molar refractivity (Wildman–Crippen MR) is 129 cm³/mol. The number of hydrogen-bond acceptors (Lipinski definition) is 2. The molecule has 2 aromatic rings. The molecule has 0 bridgehead atoms. The second-order valence-electron chi connectivity index (χ2n) is 11.2. The lowest BCUT2D eigenvalue weighted by molar-refractivity contribution is -0.138. The summed E-state index contributed by atoms with van der Waals surface area (Å²) in [4.78, 5) is 27.7. The summed E-state index contributed by atoms with van der Waals surface area (Å²) in [6, 6.07) is 10.3. The summed E-state index contributed by atoms with van der Waals surface area (Å²) in [7, 11) is 0. The maximum Gasteiger partial charge on any atom is 0.416 e. The van der Waals surface area contributed by atoms with E-state index in [-0.39, 0.29) is 34.4 Å². The van der Waals surface area contributed by atoms with Crippen LogP contribution in [0.1, 0.15) is 73.4 Å². The van der Waals surface area contributed by atoms with E-state index in [2.05, 4.69) is 6.08 Å². The third-order valence-corrected chi connectivity index (χ3v) is 8.68. The first-order valence-electron chi connectivity index (χ1n) is 12.7. The Kier molecular flexibility index (Phi) is 6.20. The molecule has 4 atom stereocenters. The minimum absolute atomic E-state index is 0.00402. The van der Waals surface area contributed by atoms with Gasteiger partial charge >= 0.3 is 6.18 Å². The van der Waals surface area contributed by atoms with Gasteiger partial charge in [0.2, 0.25) is 0 Å². The molecule has 0 saturated heterocycles. The Morgan fingerprint density at radius 3 is 2.14 bits per heavy atom. The van der Waals surface area contributed by atoms with Gasteiger partial charge in [-0.05, 0) is 66.3 Å². The average Bonchev–Trinajstić information content (AvgIpc) is 2.81. The van der Waals surface area contributed by atoms with Crippen LogP contribution in [0.3, 0.4) is 0 Å². The zero-order valence-corrected chi connectivity index (χ0v) is 20.4. The van der Waals surface area contributed by atoms with Gasteiger partial charge in [-0.2, -0.15) is 13.2 Å². The smallest absolute Gasteiger partial charge is 0.299 e. The summed E-state index contributed by atoms with van der Waals surface area (Å²) < 4.78 is 53.2. The van der Waals surface area contributed by atoms with Gasteiger partial charge in [0, 0.05) is 23.8 Å². The van der Waals surface area contributed by atoms with Gasteiger partial charge in [-0.25, -0.2) is 4.39 Å². The van der Waals surface area contributed by atoms with Crippen LogP contribution < -0.4 is 0 Å². The van der Waals surface area contributed by atoms with Gasteiger partial charge in [-0.15, -0.1) is 0 Å². The van der Waals surface area contributed by atoms with Crippen LogP contribution in [0.4, 0.5) is 17.6 Å². The standard InChI is InChI=1S/C30H30F4O2/c1-17(2)23-14-20-15-29(12-3-13-29)16-24(35)25(20)26(18-6-10-22(31)11-7-18)27(23)28(36)19-4-8-21(9-5-19)30(32,33)34/h4-11,14,17,20,25-27H,3,12-13,15-16H2,1-2H3. The molecule has 0 radical (unpaired) electrons. The number of hydrogen-bond donors (Lipinski definition) is 0. The number of carbonyl (C=O) groups excluding carboxylic acids is 2. The molecule has 0 amide bonds. The van der Waals surface area contributed by atoms with Crippen molar-refractivity contribution in [1.82, 2.24) is 0 Å². The van der Waals surface area contributed by atoms with Gasteiger partial charge in [-0.1, -0.05) is 56.2 Å². The molecule has 3 aliphatic carbocycles. The van der Waals surface area contributed by atoms with E-state index in [4.69, 9.17) is 0 Å². The third-order valence-electron chi connectivity index (χ3n) is 8.68. The molecule has 0 aromatic heterocycles. The number of Topliss-reactive ketones (excluding diaryl/α,β-unsaturated/α-hetero) is 2. The SMILES string of the molecule is CC(C)C1=CC2CC3(CCC3)CC(=O)C2C(c2ccc(F)cc2)C1C(=O)c1ccc(C(F)(F)F)cc1. The Bertz CT molecular complexity index is 1190. The van der Waals surface area contributed by atoms with E-state index in [0.717, 1.165) is 49.0 Å². The maximum absolute atomic E-state index is 14.0. The summed E-state index contributed by atoms with van der Waals surface area (Å²) in [5.41, 5.74) is 1.06. The van der Waals surface area contributed by atoms with E-state index in [9.17, 15) is 27.2 Å². The first kappa shape index (κ1) is 24.9. The van der Waals surface area contributed by atoms with Crippen LogP contribution in [0.15, 0.2) is 60.2 Å². The number of alkyl halides is 3. The summed E-state index contributed by atoms with van der Waals surface area (Å²) in [6.45, 7) is 4.01. The van der Waals surface area contributed by atoms with Gasteiger partial charge in [0.1, 0.15) is 11.6 Å². The average molecular weight is 499 g/mol. The molecule has 4 unspecified atom stereocenters. The van der Waals surface area contributed by atoms with Crippen molar-refractivity contribution in [2.75, 3.05) is 0 Å². The topological polar surface area (TPSA) is 34.1 Å². The number of fused-ring (bicyclic) bond motifs is 1. The first-order valence-corrected chi connectivity index (χ1v) is 12.7. The molecule has 2 nitrogen and oxygen atoms in total. The fourth-order valence-electron chi connectivity index (χ4n) is 6.83. The van der Waals surface area contributed by atoms with Crippen LogP contribution in [0, 0.1) is 34.9 Å². The van der Waals surface area contributed by atoms with Crippen LogP contribution >= 0.6 is 0 Å². The Morgan fingerprint density at radius 1 is 0.972 bits per heavy atom. The number of allylic oxidation sites excluding steroid dienone is 2. The van der Waals surface area contributed by atoms with Crippen LogP contribution in [0.25, 0.3) is 0 Å². The number of ketones is 2. The molecule has 3 aliphatic rings. The fourth-order valence-corrected chi connectivity index (χ4v) is 6.83. The number of rotatable bonds is 4. The van der Waals surface area contributed by atoms with Crippen LogP contribution in [0.2, 0.25) is 0 Å². The van der Waals surface area contributed by atoms with Crippen molar-refractivity contribution >= 4 is 11.6 Å². The number of halogens is 4. The lowest BCUT2D eigenvalue weighted by Gasteiger charge is -2.53. The Balaban J connectivity index is 1.62. The minimum Gasteiger partial charge on any atom is -0.299 e. The van der Waals surface area contributed by atoms with Gasteiger partial charge < -0.3 is 0 Å². The van der Waals surface area contributed by atoms with Gasteiger partial charge in [0.25, 0.3) is 0 Å². The summed E-state index contributed by atoms with van der Waals surface area (Å²) >= 11 is 0. The van der Waals surface area contributed by atoms with E-state index < -0.39 is 35.3 Å². The van der Waals surface area contributed by atoms with Crippen molar-refractivity contribution in [2.45, 2.75) is 58.0 Å². The molecule has 0 N–H and O–H groups in total. The molecule has 2 saturated carbocycles. The van der Waals surface area contributed by atoms with Crippen molar-refractivity contribution in [3.63, 3.8) is 0 Å². The molecule has 0 heterocycles. The van der Waals surface area contributed by atoms with Gasteiger partial charge in [0.15, 0.2) is 5.78 Å². The van der Waals surface area contributed by atoms with E-state index in [1.807, 2.05) is 13.8 Å². The Hall–Kier alpha value is -2.76. The Morgan fingerprint density at radius 2 is 1.61 bits per heavy atom. The molecule has 190 valence electrons. The van der Waals surface area contributed by atoms with Crippen molar-refractivity contribution < 1.29 is 27.2 Å². The van der Waals surface area contributed by atoms with Crippen molar-refractivity contribution in [2.24, 2.45) is 29.1 Å². The molecule has 1 spiro atoms. The van der Waals surface area contributed by atoms with Crippen LogP contribution in [-0.2, 0) is 11.0 Å². The van der Waals surface area contributed by atoms with Gasteiger partial charge in [-0.3, -0.25) is 9.59 Å². The molecule has 5 rings (SSSR count). The highest BCUT2D eigenvalue weighted by atomic mass is 19.4. The van der Waals surface area contributed by atoms with Crippen molar-refractivity contribution in [3.05, 3.63) is 82.7 Å². The lowest BCUT2D eigenvalue weighted by atomic mass is 9.49. The molecular weight excluding hydrogens is 468 g/mol. The quantitative estimate of drug-likeness (QED) is 0.245. The maximum atomic E-state index is 14.0. The normalized spacial score (nSPS) is 27.4. The van der Waals surface area contributed by atoms with Crippen LogP contribution in [0.5, 0.6) is 0 Å². The summed E-state index contributed by atoms with van der Waals surface area (Å²) in [5, 5.41) is 0. The molecule has 0 aliphatic heterocycles. The van der Waals surface area contributed by atoms with Crippen LogP contribution in [-0.4, -0.2) is 11.6 Å². The number of benzene rings is 2. The van der Waals surface area contributed by atoms with E-state index in [1.54, 1.807) is 12.1 Å². The van der Waals surface area contributed by atoms with E-state index in [0.29, 0.717) is 6.42 Å². The highest BCUT2D eigenvalue weighted by Crippen LogP contribution is 2.59. The monoisotopic (exact) mass is 498 g/mol. The largest absolute Gasteiger partial charge is 0.416 e. The first-order chi connectivity index (χ1) is 17.0. The summed E-state index contributed by atoms with van der Waals surface area (Å²) in [5.74, 6) is -2.15. The van der Waals surface area contributed by atoms with Gasteiger partial charge in [0.05, 0.1) is 11.5 Å². The van der Waals surface area contributed by atoms with E-state index >= 15 is 0 Å². The third kappa shape index (κ3) is 4.33. The highest BCUT2D eigenvalue weighted by molar-refractivity contribution is 6.01. The van der Waals surface area contributed by atoms with Crippen molar-refractivity contribution in [3.8, 4) is 0 Å². The minimum atomic E-state index is -4.49. The van der Waals surface area contributed by atoms with Crippen molar-refractivity contribution in [1.29, 1.82) is 0 Å². The second kappa shape index (κ2) is 8.97. The molecule has 6 heteroatoms.